The second kappa shape index (κ2) is 8.99. The van der Waals surface area contributed by atoms with E-state index in [0.717, 1.165) is 17.7 Å². The van der Waals surface area contributed by atoms with Crippen LogP contribution in [0.3, 0.4) is 0 Å². The topological polar surface area (TPSA) is 49.4 Å². The van der Waals surface area contributed by atoms with Crippen molar-refractivity contribution in [3.8, 4) is 0 Å². The molecule has 0 spiro atoms. The molecule has 0 aromatic heterocycles. The number of carbonyl (C=O) groups is 2. The van der Waals surface area contributed by atoms with Crippen molar-refractivity contribution >= 4 is 35.0 Å². The molecule has 4 nitrogen and oxygen atoms in total. The third-order valence-electron chi connectivity index (χ3n) is 5.66. The zero-order chi connectivity index (χ0) is 20.2. The molecule has 1 aliphatic heterocycles. The van der Waals surface area contributed by atoms with Crippen molar-refractivity contribution in [1.82, 2.24) is 0 Å². The van der Waals surface area contributed by atoms with Crippen molar-refractivity contribution in [2.75, 3.05) is 16.0 Å². The van der Waals surface area contributed by atoms with Crippen LogP contribution < -0.4 is 10.2 Å². The molecule has 1 saturated carbocycles. The summed E-state index contributed by atoms with van der Waals surface area (Å²) in [6.45, 7) is 0. The standard InChI is InChI=1S/C23H25FN2O2S/c24-18-8-4-10-20(14-18)26-22(28)15-29-23(26)17-7-3-9-19(13-17)25-21(27)12-11-16-5-1-2-6-16/h3-4,7-10,13-14,16,23H,1-2,5-6,11-12,15H2,(H,25,27). The predicted molar refractivity (Wildman–Crippen MR) is 115 cm³/mol. The Morgan fingerprint density at radius 2 is 1.93 bits per heavy atom. The predicted octanol–water partition coefficient (Wildman–Crippen LogP) is 5.51. The lowest BCUT2D eigenvalue weighted by Crippen LogP contribution is -2.27. The van der Waals surface area contributed by atoms with Crippen LogP contribution in [0.15, 0.2) is 48.5 Å². The van der Waals surface area contributed by atoms with E-state index in [1.807, 2.05) is 24.3 Å². The van der Waals surface area contributed by atoms with Gasteiger partial charge in [-0.3, -0.25) is 14.5 Å². The average molecular weight is 413 g/mol. The zero-order valence-electron chi connectivity index (χ0n) is 16.3. The van der Waals surface area contributed by atoms with Crippen LogP contribution in [0.5, 0.6) is 0 Å². The summed E-state index contributed by atoms with van der Waals surface area (Å²) in [5.41, 5.74) is 2.20. The largest absolute Gasteiger partial charge is 0.326 e. The molecular weight excluding hydrogens is 387 g/mol. The van der Waals surface area contributed by atoms with E-state index in [4.69, 9.17) is 0 Å². The molecule has 29 heavy (non-hydrogen) atoms. The van der Waals surface area contributed by atoms with Crippen molar-refractivity contribution in [2.45, 2.75) is 43.9 Å². The van der Waals surface area contributed by atoms with Crippen LogP contribution in [0.4, 0.5) is 15.8 Å². The van der Waals surface area contributed by atoms with Crippen molar-refractivity contribution in [3.63, 3.8) is 0 Å². The van der Waals surface area contributed by atoms with E-state index >= 15 is 0 Å². The molecule has 2 aromatic rings. The van der Waals surface area contributed by atoms with Gasteiger partial charge in [0.2, 0.25) is 11.8 Å². The van der Waals surface area contributed by atoms with E-state index in [-0.39, 0.29) is 23.0 Å². The van der Waals surface area contributed by atoms with Gasteiger partial charge in [0.1, 0.15) is 11.2 Å². The van der Waals surface area contributed by atoms with Crippen LogP contribution in [0.1, 0.15) is 49.5 Å². The van der Waals surface area contributed by atoms with Crippen LogP contribution in [-0.2, 0) is 9.59 Å². The van der Waals surface area contributed by atoms with Gasteiger partial charge in [-0.15, -0.1) is 11.8 Å². The number of anilines is 2. The molecule has 4 rings (SSSR count). The summed E-state index contributed by atoms with van der Waals surface area (Å²) >= 11 is 1.51. The fourth-order valence-corrected chi connectivity index (χ4v) is 5.37. The smallest absolute Gasteiger partial charge is 0.238 e. The molecule has 1 unspecified atom stereocenters. The number of thioether (sulfide) groups is 1. The molecule has 1 N–H and O–H groups in total. The monoisotopic (exact) mass is 412 g/mol. The van der Waals surface area contributed by atoms with Crippen molar-refractivity contribution < 1.29 is 14.0 Å². The molecule has 2 aliphatic rings. The maximum atomic E-state index is 13.7. The van der Waals surface area contributed by atoms with Gasteiger partial charge < -0.3 is 5.32 Å². The molecule has 2 aromatic carbocycles. The summed E-state index contributed by atoms with van der Waals surface area (Å²) in [5.74, 6) is 0.656. The molecule has 0 bridgehead atoms. The maximum absolute atomic E-state index is 13.7. The summed E-state index contributed by atoms with van der Waals surface area (Å²) < 4.78 is 13.7. The molecule has 1 heterocycles. The Bertz CT molecular complexity index is 898. The van der Waals surface area contributed by atoms with Gasteiger partial charge in [-0.25, -0.2) is 4.39 Å². The number of amides is 2. The maximum Gasteiger partial charge on any atom is 0.238 e. The Hall–Kier alpha value is -2.34. The summed E-state index contributed by atoms with van der Waals surface area (Å²) in [7, 11) is 0. The van der Waals surface area contributed by atoms with Gasteiger partial charge in [-0.1, -0.05) is 43.9 Å². The minimum Gasteiger partial charge on any atom is -0.326 e. The Balaban J connectivity index is 1.45. The number of benzene rings is 2. The number of hydrogen-bond donors (Lipinski definition) is 1. The summed E-state index contributed by atoms with van der Waals surface area (Å²) in [6.07, 6.45) is 6.55. The summed E-state index contributed by atoms with van der Waals surface area (Å²) in [6, 6.07) is 13.7. The lowest BCUT2D eigenvalue weighted by molar-refractivity contribution is -0.117. The first-order valence-corrected chi connectivity index (χ1v) is 11.2. The number of hydrogen-bond acceptors (Lipinski definition) is 3. The first-order valence-electron chi connectivity index (χ1n) is 10.2. The van der Waals surface area contributed by atoms with Gasteiger partial charge in [0.15, 0.2) is 0 Å². The molecule has 1 atom stereocenters. The molecule has 0 radical (unpaired) electrons. The Morgan fingerprint density at radius 3 is 2.72 bits per heavy atom. The SMILES string of the molecule is O=C(CCC1CCCC1)Nc1cccc(C2SCC(=O)N2c2cccc(F)c2)c1. The van der Waals surface area contributed by atoms with Crippen molar-refractivity contribution in [2.24, 2.45) is 5.92 Å². The number of nitrogens with zero attached hydrogens (tertiary/aromatic N) is 1. The van der Waals surface area contributed by atoms with Crippen LogP contribution in [0.2, 0.25) is 0 Å². The normalized spacial score (nSPS) is 19.7. The van der Waals surface area contributed by atoms with E-state index in [2.05, 4.69) is 5.32 Å². The highest BCUT2D eigenvalue weighted by molar-refractivity contribution is 8.00. The lowest BCUT2D eigenvalue weighted by Gasteiger charge is -2.24. The minimum absolute atomic E-state index is 0.0335. The summed E-state index contributed by atoms with van der Waals surface area (Å²) in [4.78, 5) is 26.4. The highest BCUT2D eigenvalue weighted by atomic mass is 32.2. The van der Waals surface area contributed by atoms with E-state index in [1.165, 1.54) is 49.6 Å². The summed E-state index contributed by atoms with van der Waals surface area (Å²) in [5, 5.41) is 2.76. The van der Waals surface area contributed by atoms with Crippen LogP contribution in [-0.4, -0.2) is 17.6 Å². The first-order chi connectivity index (χ1) is 14.1. The van der Waals surface area contributed by atoms with E-state index in [0.29, 0.717) is 23.8 Å². The first kappa shape index (κ1) is 20.0. The van der Waals surface area contributed by atoms with Crippen LogP contribution in [0.25, 0.3) is 0 Å². The molecule has 2 amide bonds. The van der Waals surface area contributed by atoms with Gasteiger partial charge >= 0.3 is 0 Å². The van der Waals surface area contributed by atoms with Crippen LogP contribution in [0, 0.1) is 11.7 Å². The van der Waals surface area contributed by atoms with Gasteiger partial charge in [0.05, 0.1) is 5.75 Å². The van der Waals surface area contributed by atoms with Crippen molar-refractivity contribution in [3.05, 3.63) is 59.9 Å². The number of halogens is 1. The van der Waals surface area contributed by atoms with Crippen LogP contribution >= 0.6 is 11.8 Å². The average Bonchev–Trinajstić information content (AvgIpc) is 3.36. The highest BCUT2D eigenvalue weighted by Gasteiger charge is 2.34. The lowest BCUT2D eigenvalue weighted by atomic mass is 10.0. The number of carbonyl (C=O) groups excluding carboxylic acids is 2. The molecule has 6 heteroatoms. The van der Waals surface area contributed by atoms with E-state index in [1.54, 1.807) is 17.0 Å². The molecule has 1 aliphatic carbocycles. The third kappa shape index (κ3) is 4.81. The molecule has 152 valence electrons. The molecular formula is C23H25FN2O2S. The third-order valence-corrected chi connectivity index (χ3v) is 6.88. The fourth-order valence-electron chi connectivity index (χ4n) is 4.20. The number of nitrogens with one attached hydrogen (secondary N) is 1. The van der Waals surface area contributed by atoms with E-state index in [9.17, 15) is 14.0 Å². The van der Waals surface area contributed by atoms with Gasteiger partial charge in [-0.2, -0.15) is 0 Å². The van der Waals surface area contributed by atoms with Gasteiger partial charge in [0.25, 0.3) is 0 Å². The zero-order valence-corrected chi connectivity index (χ0v) is 17.1. The number of rotatable bonds is 6. The van der Waals surface area contributed by atoms with Gasteiger partial charge in [-0.05, 0) is 48.2 Å². The van der Waals surface area contributed by atoms with Gasteiger partial charge in [0, 0.05) is 17.8 Å². The minimum atomic E-state index is -0.366. The van der Waals surface area contributed by atoms with Crippen molar-refractivity contribution in [1.29, 1.82) is 0 Å². The fraction of sp³-hybridized carbons (Fsp3) is 0.391. The molecule has 2 fully saturated rings. The molecule has 1 saturated heterocycles. The second-order valence-electron chi connectivity index (χ2n) is 7.77. The Kier molecular flexibility index (Phi) is 6.19. The Morgan fingerprint density at radius 1 is 1.14 bits per heavy atom. The second-order valence-corrected chi connectivity index (χ2v) is 8.84. The van der Waals surface area contributed by atoms with E-state index < -0.39 is 0 Å². The quantitative estimate of drug-likeness (QED) is 0.680. The highest BCUT2D eigenvalue weighted by Crippen LogP contribution is 2.42. The Labute approximate surface area is 174 Å².